The molecule has 23 heavy (non-hydrogen) atoms. The van der Waals surface area contributed by atoms with Gasteiger partial charge in [-0.1, -0.05) is 24.8 Å². The summed E-state index contributed by atoms with van der Waals surface area (Å²) in [4.78, 5) is 5.67. The van der Waals surface area contributed by atoms with E-state index in [-0.39, 0.29) is 6.04 Å². The lowest BCUT2D eigenvalue weighted by atomic mass is 10.1. The van der Waals surface area contributed by atoms with E-state index < -0.39 is 0 Å². The maximum Gasteiger partial charge on any atom is 0.193 e. The predicted molar refractivity (Wildman–Crippen MR) is 95.1 cm³/mol. The van der Waals surface area contributed by atoms with Gasteiger partial charge in [-0.2, -0.15) is 0 Å². The van der Waals surface area contributed by atoms with E-state index in [9.17, 15) is 0 Å². The molecule has 4 nitrogen and oxygen atoms in total. The zero-order valence-corrected chi connectivity index (χ0v) is 14.3. The third kappa shape index (κ3) is 3.81. The van der Waals surface area contributed by atoms with Crippen LogP contribution in [0.25, 0.3) is 4.96 Å². The highest BCUT2D eigenvalue weighted by Gasteiger charge is 2.11. The highest BCUT2D eigenvalue weighted by atomic mass is 32.1. The normalized spacial score (nSPS) is 12.4. The third-order valence-corrected chi connectivity index (χ3v) is 4.37. The lowest BCUT2D eigenvalue weighted by Crippen LogP contribution is -2.19. The largest absolute Gasteiger partial charge is 0.489 e. The van der Waals surface area contributed by atoms with Crippen LogP contribution in [0.3, 0.4) is 0 Å². The first-order chi connectivity index (χ1) is 11.1. The van der Waals surface area contributed by atoms with E-state index in [1.165, 1.54) is 0 Å². The van der Waals surface area contributed by atoms with Crippen molar-refractivity contribution < 1.29 is 4.74 Å². The molecule has 3 aromatic rings. The molecule has 0 bridgehead atoms. The maximum atomic E-state index is 5.81. The minimum absolute atomic E-state index is 0.177. The summed E-state index contributed by atoms with van der Waals surface area (Å²) in [5.41, 5.74) is 3.21. The number of rotatable bonds is 7. The topological polar surface area (TPSA) is 38.6 Å². The lowest BCUT2D eigenvalue weighted by Gasteiger charge is -2.15. The van der Waals surface area contributed by atoms with Crippen molar-refractivity contribution in [2.45, 2.75) is 26.4 Å². The van der Waals surface area contributed by atoms with Gasteiger partial charge in [-0.25, -0.2) is 4.98 Å². The van der Waals surface area contributed by atoms with Gasteiger partial charge < -0.3 is 10.1 Å². The zero-order valence-electron chi connectivity index (χ0n) is 13.5. The summed E-state index contributed by atoms with van der Waals surface area (Å²) < 4.78 is 7.87. The van der Waals surface area contributed by atoms with E-state index in [1.807, 2.05) is 36.7 Å². The van der Waals surface area contributed by atoms with Gasteiger partial charge >= 0.3 is 0 Å². The SMILES string of the molecule is C=C(C)COc1ccccc1CN[C@@H](C)c1cn2ccsc2n1. The second-order valence-electron chi connectivity index (χ2n) is 5.71. The molecule has 1 aromatic carbocycles. The number of nitrogens with zero attached hydrogens (tertiary/aromatic N) is 2. The fraction of sp³-hybridized carbons (Fsp3) is 0.278. The summed E-state index contributed by atoms with van der Waals surface area (Å²) >= 11 is 1.65. The molecule has 0 amide bonds. The van der Waals surface area contributed by atoms with Crippen LogP contribution in [0.2, 0.25) is 0 Å². The van der Waals surface area contributed by atoms with Crippen LogP contribution in [0.1, 0.15) is 31.1 Å². The number of benzene rings is 1. The molecule has 0 radical (unpaired) electrons. The molecule has 0 aliphatic heterocycles. The van der Waals surface area contributed by atoms with Crippen molar-refractivity contribution in [1.29, 1.82) is 0 Å². The third-order valence-electron chi connectivity index (χ3n) is 3.60. The van der Waals surface area contributed by atoms with Crippen molar-refractivity contribution in [3.63, 3.8) is 0 Å². The highest BCUT2D eigenvalue weighted by Crippen LogP contribution is 2.21. The number of fused-ring (bicyclic) bond motifs is 1. The average molecular weight is 327 g/mol. The van der Waals surface area contributed by atoms with E-state index in [0.717, 1.165) is 34.1 Å². The van der Waals surface area contributed by atoms with Crippen LogP contribution in [-0.2, 0) is 6.54 Å². The van der Waals surface area contributed by atoms with Crippen LogP contribution in [-0.4, -0.2) is 16.0 Å². The smallest absolute Gasteiger partial charge is 0.193 e. The molecule has 1 atom stereocenters. The number of ether oxygens (including phenoxy) is 1. The molecule has 0 aliphatic carbocycles. The minimum Gasteiger partial charge on any atom is -0.489 e. The van der Waals surface area contributed by atoms with Crippen LogP contribution in [0.5, 0.6) is 5.75 Å². The molecule has 3 rings (SSSR count). The van der Waals surface area contributed by atoms with Crippen molar-refractivity contribution >= 4 is 16.3 Å². The van der Waals surface area contributed by atoms with Gasteiger partial charge in [-0.3, -0.25) is 4.40 Å². The Morgan fingerprint density at radius 2 is 2.26 bits per heavy atom. The molecule has 0 aliphatic rings. The highest BCUT2D eigenvalue weighted by molar-refractivity contribution is 7.15. The van der Waals surface area contributed by atoms with Gasteiger partial charge in [-0.05, 0) is 25.5 Å². The first kappa shape index (κ1) is 15.8. The van der Waals surface area contributed by atoms with Gasteiger partial charge in [0.15, 0.2) is 4.96 Å². The number of aromatic nitrogens is 2. The van der Waals surface area contributed by atoms with E-state index in [4.69, 9.17) is 4.74 Å². The molecule has 0 saturated carbocycles. The molecule has 2 heterocycles. The van der Waals surface area contributed by atoms with E-state index >= 15 is 0 Å². The molecular weight excluding hydrogens is 306 g/mol. The summed E-state index contributed by atoms with van der Waals surface area (Å²) in [5.74, 6) is 0.904. The Hall–Kier alpha value is -2.11. The van der Waals surface area contributed by atoms with Gasteiger partial charge in [-0.15, -0.1) is 11.3 Å². The number of hydrogen-bond acceptors (Lipinski definition) is 4. The monoisotopic (exact) mass is 327 g/mol. The van der Waals surface area contributed by atoms with Crippen molar-refractivity contribution in [3.8, 4) is 5.75 Å². The quantitative estimate of drug-likeness (QED) is 0.661. The fourth-order valence-corrected chi connectivity index (χ4v) is 3.02. The van der Waals surface area contributed by atoms with Crippen LogP contribution in [0, 0.1) is 0 Å². The Morgan fingerprint density at radius 3 is 3.04 bits per heavy atom. The number of para-hydroxylation sites is 1. The van der Waals surface area contributed by atoms with E-state index in [2.05, 4.69) is 40.5 Å². The van der Waals surface area contributed by atoms with Crippen LogP contribution >= 0.6 is 11.3 Å². The van der Waals surface area contributed by atoms with E-state index in [1.54, 1.807) is 11.3 Å². The maximum absolute atomic E-state index is 5.81. The van der Waals surface area contributed by atoms with Gasteiger partial charge in [0.1, 0.15) is 12.4 Å². The van der Waals surface area contributed by atoms with E-state index in [0.29, 0.717) is 6.61 Å². The molecule has 0 unspecified atom stereocenters. The Morgan fingerprint density at radius 1 is 1.43 bits per heavy atom. The van der Waals surface area contributed by atoms with Gasteiger partial charge in [0.05, 0.1) is 5.69 Å². The van der Waals surface area contributed by atoms with Crippen LogP contribution in [0.15, 0.2) is 54.2 Å². The molecule has 0 spiro atoms. The Kier molecular flexibility index (Phi) is 4.79. The number of nitrogens with one attached hydrogen (secondary N) is 1. The summed E-state index contributed by atoms with van der Waals surface area (Å²) in [5, 5.41) is 5.56. The number of hydrogen-bond donors (Lipinski definition) is 1. The average Bonchev–Trinajstić information content (AvgIpc) is 3.12. The summed E-state index contributed by atoms with van der Waals surface area (Å²) in [6.45, 7) is 9.25. The summed E-state index contributed by atoms with van der Waals surface area (Å²) in [6, 6.07) is 8.28. The number of imidazole rings is 1. The zero-order chi connectivity index (χ0) is 16.2. The molecule has 2 aromatic heterocycles. The summed E-state index contributed by atoms with van der Waals surface area (Å²) in [6.07, 6.45) is 4.11. The number of thiazole rings is 1. The summed E-state index contributed by atoms with van der Waals surface area (Å²) in [7, 11) is 0. The molecule has 0 fully saturated rings. The standard InChI is InChI=1S/C18H21N3OS/c1-13(2)12-22-17-7-5-4-6-15(17)10-19-14(3)16-11-21-8-9-23-18(21)20-16/h4-9,11,14,19H,1,10,12H2,2-3H3/t14-/m0/s1. The second-order valence-corrected chi connectivity index (χ2v) is 6.59. The van der Waals surface area contributed by atoms with Gasteiger partial charge in [0.25, 0.3) is 0 Å². The molecule has 1 N–H and O–H groups in total. The van der Waals surface area contributed by atoms with Gasteiger partial charge in [0, 0.05) is 35.9 Å². The van der Waals surface area contributed by atoms with Crippen molar-refractivity contribution in [2.24, 2.45) is 0 Å². The Balaban J connectivity index is 1.65. The second kappa shape index (κ2) is 6.98. The van der Waals surface area contributed by atoms with Crippen molar-refractivity contribution in [3.05, 3.63) is 65.4 Å². The van der Waals surface area contributed by atoms with Gasteiger partial charge in [0.2, 0.25) is 0 Å². The molecular formula is C18H21N3OS. The molecule has 120 valence electrons. The minimum atomic E-state index is 0.177. The molecule has 5 heteroatoms. The molecule has 0 saturated heterocycles. The Labute approximate surface area is 140 Å². The lowest BCUT2D eigenvalue weighted by molar-refractivity contribution is 0.347. The van der Waals surface area contributed by atoms with Crippen LogP contribution < -0.4 is 10.1 Å². The predicted octanol–water partition coefficient (Wildman–Crippen LogP) is 4.20. The fourth-order valence-electron chi connectivity index (χ4n) is 2.31. The van der Waals surface area contributed by atoms with Crippen molar-refractivity contribution in [2.75, 3.05) is 6.61 Å². The van der Waals surface area contributed by atoms with Crippen molar-refractivity contribution in [1.82, 2.24) is 14.7 Å². The first-order valence-corrected chi connectivity index (χ1v) is 8.52. The first-order valence-electron chi connectivity index (χ1n) is 7.64. The Bertz CT molecular complexity index is 777. The van der Waals surface area contributed by atoms with Crippen LogP contribution in [0.4, 0.5) is 0 Å².